The minimum absolute atomic E-state index is 0.518. The third-order valence-corrected chi connectivity index (χ3v) is 7.74. The fourth-order valence-corrected chi connectivity index (χ4v) is 5.53. The van der Waals surface area contributed by atoms with Gasteiger partial charge in [0.05, 0.1) is 0 Å². The first-order valence-corrected chi connectivity index (χ1v) is 10.2. The molecule has 0 aliphatic heterocycles. The van der Waals surface area contributed by atoms with Gasteiger partial charge in [-0.1, -0.05) is 0 Å². The standard InChI is InChI=1S/C14H26IO/c1-15-13-7-3-11(4-8-13)12-5-9-14(16-2)10-6-12/h11-14H,3-10H2,1-2H3/q-1. The van der Waals surface area contributed by atoms with Crippen LogP contribution in [0.15, 0.2) is 0 Å². The Morgan fingerprint density at radius 3 is 1.75 bits per heavy atom. The van der Waals surface area contributed by atoms with Gasteiger partial charge in [0, 0.05) is 0 Å². The zero-order valence-corrected chi connectivity index (χ0v) is 12.9. The van der Waals surface area contributed by atoms with Crippen molar-refractivity contribution in [3.63, 3.8) is 0 Å². The molecule has 0 heterocycles. The number of halogens is 1. The summed E-state index contributed by atoms with van der Waals surface area (Å²) in [5.74, 6) is 2.12. The molecule has 2 aliphatic rings. The number of rotatable bonds is 3. The number of alkyl halides is 2. The molecule has 2 fully saturated rings. The van der Waals surface area contributed by atoms with Gasteiger partial charge in [0.1, 0.15) is 0 Å². The number of hydrogen-bond acceptors (Lipinski definition) is 1. The van der Waals surface area contributed by atoms with Gasteiger partial charge in [0.2, 0.25) is 0 Å². The van der Waals surface area contributed by atoms with Crippen LogP contribution < -0.4 is 21.2 Å². The number of methoxy groups -OCH3 is 1. The zero-order valence-electron chi connectivity index (χ0n) is 10.8. The van der Waals surface area contributed by atoms with Crippen LogP contribution in [0.5, 0.6) is 0 Å². The maximum absolute atomic E-state index is 5.47. The molecule has 0 aromatic carbocycles. The fraction of sp³-hybridized carbons (Fsp3) is 1.00. The van der Waals surface area contributed by atoms with Crippen LogP contribution in [-0.4, -0.2) is 22.1 Å². The van der Waals surface area contributed by atoms with Crippen molar-refractivity contribution >= 4 is 0 Å². The second-order valence-corrected chi connectivity index (χ2v) is 8.51. The van der Waals surface area contributed by atoms with Gasteiger partial charge in [-0.25, -0.2) is 0 Å². The number of ether oxygens (including phenoxy) is 1. The van der Waals surface area contributed by atoms with E-state index in [0.717, 1.165) is 15.8 Å². The summed E-state index contributed by atoms with van der Waals surface area (Å²) < 4.78 is 6.62. The van der Waals surface area contributed by atoms with Crippen LogP contribution in [0.4, 0.5) is 0 Å². The molecule has 0 saturated heterocycles. The summed E-state index contributed by atoms with van der Waals surface area (Å²) >= 11 is 0.518. The summed E-state index contributed by atoms with van der Waals surface area (Å²) in [4.78, 5) is 2.47. The Bertz CT molecular complexity index is 169. The van der Waals surface area contributed by atoms with Gasteiger partial charge >= 0.3 is 111 Å². The quantitative estimate of drug-likeness (QED) is 0.537. The summed E-state index contributed by atoms with van der Waals surface area (Å²) in [6.07, 6.45) is 12.3. The Kier molecular flexibility index (Phi) is 5.40. The van der Waals surface area contributed by atoms with Crippen molar-refractivity contribution in [2.24, 2.45) is 11.8 Å². The Morgan fingerprint density at radius 1 is 0.812 bits per heavy atom. The van der Waals surface area contributed by atoms with Gasteiger partial charge in [-0.3, -0.25) is 0 Å². The first-order valence-electron chi connectivity index (χ1n) is 6.84. The van der Waals surface area contributed by atoms with Crippen molar-refractivity contribution in [3.8, 4) is 0 Å². The molecule has 0 aromatic rings. The van der Waals surface area contributed by atoms with Crippen molar-refractivity contribution in [3.05, 3.63) is 0 Å². The van der Waals surface area contributed by atoms with E-state index >= 15 is 0 Å². The topological polar surface area (TPSA) is 9.23 Å². The summed E-state index contributed by atoms with van der Waals surface area (Å²) in [6, 6.07) is 0. The Hall–Kier alpha value is 0.690. The van der Waals surface area contributed by atoms with E-state index in [1.54, 1.807) is 25.7 Å². The summed E-state index contributed by atoms with van der Waals surface area (Å²) in [5.41, 5.74) is 0. The Labute approximate surface area is 111 Å². The Balaban J connectivity index is 1.73. The van der Waals surface area contributed by atoms with E-state index in [1.807, 2.05) is 7.11 Å². The second kappa shape index (κ2) is 6.58. The molecule has 2 rings (SSSR count). The third-order valence-electron chi connectivity index (χ3n) is 4.73. The molecule has 0 spiro atoms. The van der Waals surface area contributed by atoms with Crippen LogP contribution in [0, 0.1) is 11.8 Å². The SMILES string of the molecule is COC1CCC(C2CCC([I-]C)CC2)CC1. The molecule has 0 radical (unpaired) electrons. The number of hydrogen-bond donors (Lipinski definition) is 0. The van der Waals surface area contributed by atoms with E-state index in [2.05, 4.69) is 4.93 Å². The fourth-order valence-electron chi connectivity index (χ4n) is 3.56. The maximum atomic E-state index is 5.47. The van der Waals surface area contributed by atoms with E-state index in [9.17, 15) is 0 Å². The van der Waals surface area contributed by atoms with Crippen LogP contribution in [0.1, 0.15) is 51.4 Å². The average molecular weight is 337 g/mol. The zero-order chi connectivity index (χ0) is 11.4. The van der Waals surface area contributed by atoms with E-state index in [1.165, 1.54) is 25.7 Å². The molecule has 1 nitrogen and oxygen atoms in total. The molecule has 96 valence electrons. The first kappa shape index (κ1) is 13.1. The summed E-state index contributed by atoms with van der Waals surface area (Å²) in [5, 5.41) is 0. The normalized spacial score (nSPS) is 41.1. The summed E-state index contributed by atoms with van der Waals surface area (Å²) in [6.45, 7) is 0. The molecule has 2 aliphatic carbocycles. The van der Waals surface area contributed by atoms with E-state index in [0.29, 0.717) is 27.3 Å². The van der Waals surface area contributed by atoms with Crippen molar-refractivity contribution in [2.45, 2.75) is 61.4 Å². The molecule has 0 amide bonds. The van der Waals surface area contributed by atoms with Crippen LogP contribution in [0.2, 0.25) is 0 Å². The monoisotopic (exact) mass is 337 g/mol. The van der Waals surface area contributed by atoms with Crippen LogP contribution in [0.25, 0.3) is 0 Å². The van der Waals surface area contributed by atoms with Crippen molar-refractivity contribution in [1.29, 1.82) is 0 Å². The van der Waals surface area contributed by atoms with Gasteiger partial charge in [-0.15, -0.1) is 0 Å². The Morgan fingerprint density at radius 2 is 1.31 bits per heavy atom. The van der Waals surface area contributed by atoms with E-state index in [-0.39, 0.29) is 0 Å². The van der Waals surface area contributed by atoms with Gasteiger partial charge in [-0.2, -0.15) is 0 Å². The first-order chi connectivity index (χ1) is 7.83. The summed E-state index contributed by atoms with van der Waals surface area (Å²) in [7, 11) is 1.88. The molecule has 0 aromatic heterocycles. The van der Waals surface area contributed by atoms with Gasteiger partial charge in [0.15, 0.2) is 0 Å². The van der Waals surface area contributed by atoms with Crippen LogP contribution in [-0.2, 0) is 4.74 Å². The van der Waals surface area contributed by atoms with Crippen LogP contribution in [0.3, 0.4) is 0 Å². The molecule has 2 saturated carbocycles. The average Bonchev–Trinajstić information content (AvgIpc) is 2.39. The second-order valence-electron chi connectivity index (χ2n) is 5.50. The molecule has 0 N–H and O–H groups in total. The van der Waals surface area contributed by atoms with Crippen molar-refractivity contribution in [1.82, 2.24) is 0 Å². The van der Waals surface area contributed by atoms with Gasteiger partial charge in [-0.05, 0) is 0 Å². The molecule has 2 heteroatoms. The molecule has 0 unspecified atom stereocenters. The van der Waals surface area contributed by atoms with E-state index in [4.69, 9.17) is 4.74 Å². The predicted octanol–water partition coefficient (Wildman–Crippen LogP) is 0.469. The van der Waals surface area contributed by atoms with E-state index < -0.39 is 0 Å². The van der Waals surface area contributed by atoms with Crippen LogP contribution >= 0.6 is 0 Å². The van der Waals surface area contributed by atoms with Crippen molar-refractivity contribution < 1.29 is 25.9 Å². The molecule has 0 bridgehead atoms. The van der Waals surface area contributed by atoms with Gasteiger partial charge < -0.3 is 0 Å². The third kappa shape index (κ3) is 3.34. The van der Waals surface area contributed by atoms with Crippen molar-refractivity contribution in [2.75, 3.05) is 12.0 Å². The molecular weight excluding hydrogens is 311 g/mol. The molecule has 0 atom stereocenters. The predicted molar refractivity (Wildman–Crippen MR) is 64.4 cm³/mol. The minimum atomic E-state index is 0.518. The van der Waals surface area contributed by atoms with Gasteiger partial charge in [0.25, 0.3) is 0 Å². The molecule has 16 heavy (non-hydrogen) atoms. The molecular formula is C14H26IO-.